The SMILES string of the molecule is CC(NCC1(C2CC2)CC1)c1ccc2c(c1)CCCC2. The Hall–Kier alpha value is -0.820. The molecule has 0 spiro atoms. The average Bonchev–Trinajstić information content (AvgIpc) is 3.37. The molecule has 1 atom stereocenters. The molecule has 3 aliphatic rings. The minimum atomic E-state index is 0.512. The first-order valence-corrected chi connectivity index (χ1v) is 8.62. The lowest BCUT2D eigenvalue weighted by Gasteiger charge is -2.22. The molecular formula is C19H27N. The third-order valence-electron chi connectivity index (χ3n) is 5.97. The second kappa shape index (κ2) is 4.87. The molecule has 0 bridgehead atoms. The lowest BCUT2D eigenvalue weighted by molar-refractivity contribution is 0.382. The topological polar surface area (TPSA) is 12.0 Å². The van der Waals surface area contributed by atoms with Crippen LogP contribution in [0, 0.1) is 11.3 Å². The van der Waals surface area contributed by atoms with Gasteiger partial charge in [-0.2, -0.15) is 0 Å². The average molecular weight is 269 g/mol. The summed E-state index contributed by atoms with van der Waals surface area (Å²) >= 11 is 0. The molecule has 0 aliphatic heterocycles. The van der Waals surface area contributed by atoms with E-state index >= 15 is 0 Å². The Morgan fingerprint density at radius 3 is 2.60 bits per heavy atom. The molecule has 4 rings (SSSR count). The van der Waals surface area contributed by atoms with Gasteiger partial charge in [0.2, 0.25) is 0 Å². The molecule has 2 saturated carbocycles. The molecule has 1 unspecified atom stereocenters. The molecule has 1 aromatic carbocycles. The molecule has 2 fully saturated rings. The Kier molecular flexibility index (Phi) is 3.14. The number of hydrogen-bond donors (Lipinski definition) is 1. The predicted octanol–water partition coefficient (Wildman–Crippen LogP) is 4.41. The van der Waals surface area contributed by atoms with E-state index in [9.17, 15) is 0 Å². The Labute approximate surface area is 123 Å². The Morgan fingerprint density at radius 2 is 1.90 bits per heavy atom. The first-order chi connectivity index (χ1) is 9.77. The van der Waals surface area contributed by atoms with E-state index in [-0.39, 0.29) is 0 Å². The third kappa shape index (κ3) is 2.41. The van der Waals surface area contributed by atoms with Crippen molar-refractivity contribution < 1.29 is 0 Å². The first kappa shape index (κ1) is 12.9. The molecule has 1 aromatic rings. The van der Waals surface area contributed by atoms with Crippen LogP contribution in [0.2, 0.25) is 0 Å². The molecule has 1 nitrogen and oxygen atoms in total. The van der Waals surface area contributed by atoms with Crippen LogP contribution in [0.15, 0.2) is 18.2 Å². The fourth-order valence-corrected chi connectivity index (χ4v) is 4.08. The normalized spacial score (nSPS) is 25.1. The maximum absolute atomic E-state index is 3.83. The molecule has 3 aliphatic carbocycles. The summed E-state index contributed by atoms with van der Waals surface area (Å²) in [6.07, 6.45) is 11.3. The third-order valence-corrected chi connectivity index (χ3v) is 5.97. The molecule has 108 valence electrons. The van der Waals surface area contributed by atoms with Crippen LogP contribution in [0.3, 0.4) is 0 Å². The van der Waals surface area contributed by atoms with Gasteiger partial charge in [0, 0.05) is 12.6 Å². The van der Waals surface area contributed by atoms with Crippen LogP contribution >= 0.6 is 0 Å². The second-order valence-corrected chi connectivity index (χ2v) is 7.47. The van der Waals surface area contributed by atoms with Gasteiger partial charge in [-0.05, 0) is 86.3 Å². The number of rotatable bonds is 5. The van der Waals surface area contributed by atoms with Crippen LogP contribution in [0.25, 0.3) is 0 Å². The van der Waals surface area contributed by atoms with Gasteiger partial charge < -0.3 is 5.32 Å². The van der Waals surface area contributed by atoms with Gasteiger partial charge in [-0.1, -0.05) is 18.2 Å². The van der Waals surface area contributed by atoms with Gasteiger partial charge in [-0.25, -0.2) is 0 Å². The van der Waals surface area contributed by atoms with Crippen molar-refractivity contribution in [3.8, 4) is 0 Å². The van der Waals surface area contributed by atoms with Gasteiger partial charge in [0.25, 0.3) is 0 Å². The van der Waals surface area contributed by atoms with Crippen molar-refractivity contribution in [2.45, 2.75) is 64.3 Å². The summed E-state index contributed by atoms with van der Waals surface area (Å²) in [7, 11) is 0. The van der Waals surface area contributed by atoms with E-state index in [1.165, 1.54) is 63.5 Å². The number of nitrogens with one attached hydrogen (secondary N) is 1. The van der Waals surface area contributed by atoms with Gasteiger partial charge in [-0.3, -0.25) is 0 Å². The van der Waals surface area contributed by atoms with Crippen LogP contribution in [0.5, 0.6) is 0 Å². The van der Waals surface area contributed by atoms with E-state index in [1.807, 2.05) is 0 Å². The van der Waals surface area contributed by atoms with Crippen molar-refractivity contribution in [3.05, 3.63) is 34.9 Å². The van der Waals surface area contributed by atoms with Gasteiger partial charge in [0.1, 0.15) is 0 Å². The van der Waals surface area contributed by atoms with Gasteiger partial charge in [0.15, 0.2) is 0 Å². The van der Waals surface area contributed by atoms with Crippen molar-refractivity contribution in [1.82, 2.24) is 5.32 Å². The van der Waals surface area contributed by atoms with Gasteiger partial charge in [-0.15, -0.1) is 0 Å². The minimum Gasteiger partial charge on any atom is -0.310 e. The highest BCUT2D eigenvalue weighted by molar-refractivity contribution is 5.35. The van der Waals surface area contributed by atoms with Crippen molar-refractivity contribution >= 4 is 0 Å². The highest BCUT2D eigenvalue weighted by Crippen LogP contribution is 2.60. The molecule has 0 amide bonds. The van der Waals surface area contributed by atoms with Crippen LogP contribution in [-0.4, -0.2) is 6.54 Å². The monoisotopic (exact) mass is 269 g/mol. The van der Waals surface area contributed by atoms with Crippen LogP contribution in [0.4, 0.5) is 0 Å². The Balaban J connectivity index is 1.41. The molecule has 0 radical (unpaired) electrons. The molecule has 1 N–H and O–H groups in total. The highest BCUT2D eigenvalue weighted by Gasteiger charge is 2.53. The summed E-state index contributed by atoms with van der Waals surface area (Å²) in [5.41, 5.74) is 5.43. The fraction of sp³-hybridized carbons (Fsp3) is 0.684. The largest absolute Gasteiger partial charge is 0.310 e. The van der Waals surface area contributed by atoms with E-state index < -0.39 is 0 Å². The standard InChI is InChI=1S/C19H27N/c1-14(20-13-19(10-11-19)18-8-9-18)16-7-6-15-4-2-3-5-17(15)12-16/h6-7,12,14,18,20H,2-5,8-11,13H2,1H3. The summed E-state index contributed by atoms with van der Waals surface area (Å²) in [5, 5.41) is 3.83. The summed E-state index contributed by atoms with van der Waals surface area (Å²) in [6, 6.07) is 7.73. The van der Waals surface area contributed by atoms with Crippen molar-refractivity contribution in [2.75, 3.05) is 6.54 Å². The van der Waals surface area contributed by atoms with E-state index in [2.05, 4.69) is 30.4 Å². The lowest BCUT2D eigenvalue weighted by atomic mass is 9.89. The first-order valence-electron chi connectivity index (χ1n) is 8.62. The number of fused-ring (bicyclic) bond motifs is 1. The van der Waals surface area contributed by atoms with Crippen molar-refractivity contribution in [1.29, 1.82) is 0 Å². The second-order valence-electron chi connectivity index (χ2n) is 7.47. The molecular weight excluding hydrogens is 242 g/mol. The number of aryl methyl sites for hydroxylation is 2. The zero-order valence-electron chi connectivity index (χ0n) is 12.8. The van der Waals surface area contributed by atoms with Gasteiger partial charge >= 0.3 is 0 Å². The predicted molar refractivity (Wildman–Crippen MR) is 83.9 cm³/mol. The summed E-state index contributed by atoms with van der Waals surface area (Å²) in [6.45, 7) is 3.59. The lowest BCUT2D eigenvalue weighted by Crippen LogP contribution is -2.28. The van der Waals surface area contributed by atoms with E-state index in [4.69, 9.17) is 0 Å². The highest BCUT2D eigenvalue weighted by atomic mass is 14.9. The smallest absolute Gasteiger partial charge is 0.0292 e. The molecule has 20 heavy (non-hydrogen) atoms. The molecule has 1 heteroatoms. The van der Waals surface area contributed by atoms with Crippen LogP contribution in [-0.2, 0) is 12.8 Å². The summed E-state index contributed by atoms with van der Waals surface area (Å²) < 4.78 is 0. The molecule has 0 aromatic heterocycles. The quantitative estimate of drug-likeness (QED) is 0.835. The number of benzene rings is 1. The van der Waals surface area contributed by atoms with Crippen LogP contribution < -0.4 is 5.32 Å². The fourth-order valence-electron chi connectivity index (χ4n) is 4.08. The summed E-state index contributed by atoms with van der Waals surface area (Å²) in [5.74, 6) is 1.06. The molecule has 0 heterocycles. The van der Waals surface area contributed by atoms with E-state index in [0.717, 1.165) is 5.92 Å². The van der Waals surface area contributed by atoms with Crippen molar-refractivity contribution in [2.24, 2.45) is 11.3 Å². The Morgan fingerprint density at radius 1 is 1.15 bits per heavy atom. The number of hydrogen-bond acceptors (Lipinski definition) is 1. The maximum Gasteiger partial charge on any atom is 0.0292 e. The van der Waals surface area contributed by atoms with Crippen molar-refractivity contribution in [3.63, 3.8) is 0 Å². The zero-order chi connectivity index (χ0) is 13.6. The van der Waals surface area contributed by atoms with Crippen LogP contribution in [0.1, 0.15) is 68.2 Å². The van der Waals surface area contributed by atoms with E-state index in [1.54, 1.807) is 11.1 Å². The molecule has 0 saturated heterocycles. The minimum absolute atomic E-state index is 0.512. The summed E-state index contributed by atoms with van der Waals surface area (Å²) in [4.78, 5) is 0. The van der Waals surface area contributed by atoms with Gasteiger partial charge in [0.05, 0.1) is 0 Å². The Bertz CT molecular complexity index is 496. The maximum atomic E-state index is 3.83. The van der Waals surface area contributed by atoms with E-state index in [0.29, 0.717) is 11.5 Å². The zero-order valence-corrected chi connectivity index (χ0v) is 12.8.